The van der Waals surface area contributed by atoms with Gasteiger partial charge in [-0.15, -0.1) is 0 Å². The largest absolute Gasteiger partial charge is 0.353 e. The van der Waals surface area contributed by atoms with E-state index in [0.29, 0.717) is 13.1 Å². The van der Waals surface area contributed by atoms with Crippen molar-refractivity contribution in [2.75, 3.05) is 13.1 Å². The van der Waals surface area contributed by atoms with Gasteiger partial charge >= 0.3 is 0 Å². The van der Waals surface area contributed by atoms with Crippen LogP contribution in [0.3, 0.4) is 0 Å². The zero-order valence-corrected chi connectivity index (χ0v) is 14.2. The van der Waals surface area contributed by atoms with E-state index in [2.05, 4.69) is 10.6 Å². The van der Waals surface area contributed by atoms with Crippen LogP contribution in [-0.2, 0) is 16.0 Å². The fourth-order valence-electron chi connectivity index (χ4n) is 2.60. The van der Waals surface area contributed by atoms with Gasteiger partial charge in [0.25, 0.3) is 0 Å². The van der Waals surface area contributed by atoms with E-state index in [1.807, 2.05) is 56.3 Å². The summed E-state index contributed by atoms with van der Waals surface area (Å²) in [5.74, 6) is -0.350. The lowest BCUT2D eigenvalue weighted by molar-refractivity contribution is -0.129. The summed E-state index contributed by atoms with van der Waals surface area (Å²) in [6.45, 7) is 4.59. The lowest BCUT2D eigenvalue weighted by Gasteiger charge is -2.21. The summed E-state index contributed by atoms with van der Waals surface area (Å²) in [5, 5.41) is 7.80. The van der Waals surface area contributed by atoms with Gasteiger partial charge in [-0.2, -0.15) is 0 Å². The summed E-state index contributed by atoms with van der Waals surface area (Å²) in [5.41, 5.74) is 6.33. The maximum absolute atomic E-state index is 12.3. The van der Waals surface area contributed by atoms with Crippen molar-refractivity contribution in [1.29, 1.82) is 0 Å². The molecule has 5 nitrogen and oxygen atoms in total. The van der Waals surface area contributed by atoms with Gasteiger partial charge in [-0.05, 0) is 22.3 Å². The maximum Gasteiger partial charge on any atom is 0.242 e. The van der Waals surface area contributed by atoms with Crippen LogP contribution >= 0.6 is 0 Å². The standard InChI is InChI=1S/C19H25N3O2/c1-13(2)18(19(24)21-10-9-20)22-17(23)12-14-7-8-15-5-3-4-6-16(15)11-14/h3-8,11,13,18H,9-10,12,20H2,1-2H3,(H,21,24)(H,22,23). The van der Waals surface area contributed by atoms with Crippen LogP contribution in [0.25, 0.3) is 10.8 Å². The molecule has 5 heteroatoms. The van der Waals surface area contributed by atoms with E-state index in [0.717, 1.165) is 16.3 Å². The third kappa shape index (κ3) is 4.80. The molecule has 0 aromatic heterocycles. The van der Waals surface area contributed by atoms with E-state index in [9.17, 15) is 9.59 Å². The van der Waals surface area contributed by atoms with Crippen LogP contribution in [0.15, 0.2) is 42.5 Å². The van der Waals surface area contributed by atoms with Crippen LogP contribution in [0, 0.1) is 5.92 Å². The second-order valence-corrected chi connectivity index (χ2v) is 6.23. The number of hydrogen-bond donors (Lipinski definition) is 3. The summed E-state index contributed by atoms with van der Waals surface area (Å²) < 4.78 is 0. The lowest BCUT2D eigenvalue weighted by Crippen LogP contribution is -2.50. The molecule has 0 bridgehead atoms. The molecule has 24 heavy (non-hydrogen) atoms. The number of nitrogens with two attached hydrogens (primary N) is 1. The van der Waals surface area contributed by atoms with Crippen LogP contribution in [-0.4, -0.2) is 30.9 Å². The molecule has 2 aromatic rings. The fourth-order valence-corrected chi connectivity index (χ4v) is 2.60. The molecule has 0 fully saturated rings. The number of benzene rings is 2. The molecule has 0 aliphatic carbocycles. The molecule has 0 aliphatic rings. The number of nitrogens with one attached hydrogen (secondary N) is 2. The molecule has 0 saturated carbocycles. The van der Waals surface area contributed by atoms with Crippen molar-refractivity contribution < 1.29 is 9.59 Å². The molecule has 0 radical (unpaired) electrons. The second-order valence-electron chi connectivity index (χ2n) is 6.23. The van der Waals surface area contributed by atoms with Gasteiger partial charge in [0.1, 0.15) is 6.04 Å². The number of carbonyl (C=O) groups is 2. The van der Waals surface area contributed by atoms with Crippen LogP contribution in [0.1, 0.15) is 19.4 Å². The van der Waals surface area contributed by atoms with E-state index < -0.39 is 6.04 Å². The molecule has 1 unspecified atom stereocenters. The Morgan fingerprint density at radius 2 is 1.79 bits per heavy atom. The molecular formula is C19H25N3O2. The summed E-state index contributed by atoms with van der Waals surface area (Å²) in [6.07, 6.45) is 0.248. The topological polar surface area (TPSA) is 84.2 Å². The monoisotopic (exact) mass is 327 g/mol. The van der Waals surface area contributed by atoms with Crippen LogP contribution < -0.4 is 16.4 Å². The quantitative estimate of drug-likeness (QED) is 0.722. The molecule has 2 aromatic carbocycles. The summed E-state index contributed by atoms with van der Waals surface area (Å²) in [4.78, 5) is 24.5. The van der Waals surface area contributed by atoms with E-state index in [-0.39, 0.29) is 24.2 Å². The molecule has 4 N–H and O–H groups in total. The highest BCUT2D eigenvalue weighted by Gasteiger charge is 2.23. The smallest absolute Gasteiger partial charge is 0.242 e. The Morgan fingerprint density at radius 3 is 2.46 bits per heavy atom. The minimum absolute atomic E-state index is 0.00308. The Bertz CT molecular complexity index is 713. The van der Waals surface area contributed by atoms with Gasteiger partial charge in [-0.1, -0.05) is 56.3 Å². The van der Waals surface area contributed by atoms with E-state index >= 15 is 0 Å². The Kier molecular flexibility index (Phi) is 6.32. The van der Waals surface area contributed by atoms with E-state index in [1.165, 1.54) is 0 Å². The van der Waals surface area contributed by atoms with Crippen molar-refractivity contribution in [3.63, 3.8) is 0 Å². The predicted molar refractivity (Wildman–Crippen MR) is 96.5 cm³/mol. The normalized spacial score (nSPS) is 12.2. The number of hydrogen-bond acceptors (Lipinski definition) is 3. The molecule has 0 heterocycles. The minimum atomic E-state index is -0.551. The van der Waals surface area contributed by atoms with Gasteiger partial charge in [0.2, 0.25) is 11.8 Å². The Balaban J connectivity index is 2.02. The summed E-state index contributed by atoms with van der Waals surface area (Å²) >= 11 is 0. The zero-order chi connectivity index (χ0) is 17.5. The zero-order valence-electron chi connectivity index (χ0n) is 14.2. The van der Waals surface area contributed by atoms with Gasteiger partial charge in [-0.25, -0.2) is 0 Å². The van der Waals surface area contributed by atoms with Crippen molar-refractivity contribution >= 4 is 22.6 Å². The fraction of sp³-hybridized carbons (Fsp3) is 0.368. The van der Waals surface area contributed by atoms with E-state index in [1.54, 1.807) is 0 Å². The Labute approximate surface area is 142 Å². The summed E-state index contributed by atoms with van der Waals surface area (Å²) in [7, 11) is 0. The minimum Gasteiger partial charge on any atom is -0.353 e. The Hall–Kier alpha value is -2.40. The summed E-state index contributed by atoms with van der Waals surface area (Å²) in [6, 6.07) is 13.4. The highest BCUT2D eigenvalue weighted by Crippen LogP contribution is 2.16. The molecular weight excluding hydrogens is 302 g/mol. The van der Waals surface area contributed by atoms with Crippen LogP contribution in [0.5, 0.6) is 0 Å². The van der Waals surface area contributed by atoms with Gasteiger partial charge < -0.3 is 16.4 Å². The predicted octanol–water partition coefficient (Wildman–Crippen LogP) is 1.60. The maximum atomic E-state index is 12.3. The SMILES string of the molecule is CC(C)C(NC(=O)Cc1ccc2ccccc2c1)C(=O)NCCN. The van der Waals surface area contributed by atoms with Crippen molar-refractivity contribution in [1.82, 2.24) is 10.6 Å². The average Bonchev–Trinajstić information content (AvgIpc) is 2.57. The molecule has 2 amide bonds. The average molecular weight is 327 g/mol. The highest BCUT2D eigenvalue weighted by atomic mass is 16.2. The lowest BCUT2D eigenvalue weighted by atomic mass is 10.0. The van der Waals surface area contributed by atoms with Crippen molar-refractivity contribution in [3.05, 3.63) is 48.0 Å². The van der Waals surface area contributed by atoms with Crippen molar-refractivity contribution in [2.45, 2.75) is 26.3 Å². The number of rotatable bonds is 7. The molecule has 2 rings (SSSR count). The van der Waals surface area contributed by atoms with Gasteiger partial charge in [0.05, 0.1) is 6.42 Å². The van der Waals surface area contributed by atoms with Gasteiger partial charge in [0, 0.05) is 13.1 Å². The Morgan fingerprint density at radius 1 is 1.08 bits per heavy atom. The number of amides is 2. The molecule has 0 spiro atoms. The molecule has 128 valence electrons. The second kappa shape index (κ2) is 8.45. The van der Waals surface area contributed by atoms with Crippen molar-refractivity contribution in [2.24, 2.45) is 11.7 Å². The van der Waals surface area contributed by atoms with Crippen LogP contribution in [0.4, 0.5) is 0 Å². The highest BCUT2D eigenvalue weighted by molar-refractivity contribution is 5.89. The first-order chi connectivity index (χ1) is 11.5. The number of carbonyl (C=O) groups excluding carboxylic acids is 2. The van der Waals surface area contributed by atoms with Crippen LogP contribution in [0.2, 0.25) is 0 Å². The number of fused-ring (bicyclic) bond motifs is 1. The first kappa shape index (κ1) is 17.9. The first-order valence-electron chi connectivity index (χ1n) is 8.26. The molecule has 1 atom stereocenters. The third-order valence-electron chi connectivity index (χ3n) is 3.89. The third-order valence-corrected chi connectivity index (χ3v) is 3.89. The van der Waals surface area contributed by atoms with Gasteiger partial charge in [-0.3, -0.25) is 9.59 Å². The first-order valence-corrected chi connectivity index (χ1v) is 8.26. The van der Waals surface area contributed by atoms with Gasteiger partial charge in [0.15, 0.2) is 0 Å². The van der Waals surface area contributed by atoms with E-state index in [4.69, 9.17) is 5.73 Å². The molecule has 0 saturated heterocycles. The molecule has 0 aliphatic heterocycles. The van der Waals surface area contributed by atoms with Crippen molar-refractivity contribution in [3.8, 4) is 0 Å².